The van der Waals surface area contributed by atoms with Gasteiger partial charge in [0.2, 0.25) is 0 Å². The topological polar surface area (TPSA) is 61.8 Å². The van der Waals surface area contributed by atoms with E-state index in [2.05, 4.69) is 5.32 Å². The average Bonchev–Trinajstić information content (AvgIpc) is 2.71. The summed E-state index contributed by atoms with van der Waals surface area (Å²) in [6.45, 7) is 5.53. The summed E-state index contributed by atoms with van der Waals surface area (Å²) in [6.07, 6.45) is 0.350. The van der Waals surface area contributed by atoms with E-state index >= 15 is 0 Å². The van der Waals surface area contributed by atoms with Gasteiger partial charge in [-0.1, -0.05) is 12.8 Å². The maximum Gasteiger partial charge on any atom is 0.416 e. The smallest absolute Gasteiger partial charge is 0.410 e. The summed E-state index contributed by atoms with van der Waals surface area (Å²) >= 11 is 0. The van der Waals surface area contributed by atoms with Crippen LogP contribution in [-0.4, -0.2) is 48.4 Å². The van der Waals surface area contributed by atoms with Gasteiger partial charge in [0.1, 0.15) is 5.75 Å². The number of amides is 1. The summed E-state index contributed by atoms with van der Waals surface area (Å²) in [6, 6.07) is 4.11. The monoisotopic (exact) mass is 430 g/mol. The third-order valence-corrected chi connectivity index (χ3v) is 5.80. The number of carbonyl (C=O) groups is 1. The first kappa shape index (κ1) is 24.5. The Hall–Kier alpha value is -1.80. The number of ether oxygens (including phenoxy) is 1. The highest BCUT2D eigenvalue weighted by molar-refractivity contribution is 5.70. The Morgan fingerprint density at radius 2 is 1.70 bits per heavy atom. The minimum Gasteiger partial charge on any atom is -0.410 e. The molecule has 0 bridgehead atoms. The first-order valence-electron chi connectivity index (χ1n) is 10.5. The molecule has 1 amide bonds. The molecule has 0 atom stereocenters. The van der Waals surface area contributed by atoms with Gasteiger partial charge in [-0.25, -0.2) is 4.79 Å². The lowest BCUT2D eigenvalue weighted by molar-refractivity contribution is -0.137. The number of rotatable bonds is 8. The zero-order valence-corrected chi connectivity index (χ0v) is 18.0. The molecule has 1 aromatic rings. The van der Waals surface area contributed by atoms with Crippen LogP contribution in [0.1, 0.15) is 51.5 Å². The fraction of sp³-hybridized carbons (Fsp3) is 0.682. The lowest BCUT2D eigenvalue weighted by Crippen LogP contribution is -2.45. The molecule has 0 unspecified atom stereocenters. The van der Waals surface area contributed by atoms with E-state index in [1.165, 1.54) is 4.90 Å². The molecule has 1 fully saturated rings. The van der Waals surface area contributed by atoms with Crippen LogP contribution in [0.15, 0.2) is 24.3 Å². The molecule has 2 rings (SSSR count). The first-order chi connectivity index (χ1) is 14.0. The van der Waals surface area contributed by atoms with E-state index in [9.17, 15) is 23.1 Å². The number of alkyl halides is 3. The summed E-state index contributed by atoms with van der Waals surface area (Å²) < 4.78 is 42.9. The number of benzene rings is 1. The standard InChI is InChI=1S/C22H33F3N2O3/c1-21(2,15-28)26-14-17-6-4-16(5-7-17)12-13-27(3)20(29)30-19-10-8-18(9-11-19)22(23,24)25/h8-11,16-17,26,28H,4-7,12-15H2,1-3H3/t16-,17-. The van der Waals surface area contributed by atoms with Gasteiger partial charge in [0.05, 0.1) is 12.2 Å². The van der Waals surface area contributed by atoms with Gasteiger partial charge in [-0.3, -0.25) is 0 Å². The number of nitrogens with one attached hydrogen (secondary N) is 1. The molecule has 2 N–H and O–H groups in total. The minimum absolute atomic E-state index is 0.0960. The van der Waals surface area contributed by atoms with Gasteiger partial charge in [0, 0.05) is 19.1 Å². The molecule has 0 aromatic heterocycles. The molecule has 1 saturated carbocycles. The Morgan fingerprint density at radius 3 is 2.23 bits per heavy atom. The van der Waals surface area contributed by atoms with Crippen molar-refractivity contribution in [3.63, 3.8) is 0 Å². The van der Waals surface area contributed by atoms with Crippen molar-refractivity contribution < 1.29 is 27.8 Å². The van der Waals surface area contributed by atoms with Gasteiger partial charge >= 0.3 is 12.3 Å². The van der Waals surface area contributed by atoms with Crippen LogP contribution in [0, 0.1) is 11.8 Å². The second kappa shape index (κ2) is 10.5. The van der Waals surface area contributed by atoms with Crippen LogP contribution in [-0.2, 0) is 6.18 Å². The molecule has 0 heterocycles. The summed E-state index contributed by atoms with van der Waals surface area (Å²) in [4.78, 5) is 13.6. The molecular weight excluding hydrogens is 397 g/mol. The van der Waals surface area contributed by atoms with Crippen molar-refractivity contribution in [3.8, 4) is 5.75 Å². The Morgan fingerprint density at radius 1 is 1.13 bits per heavy atom. The number of hydrogen-bond donors (Lipinski definition) is 2. The van der Waals surface area contributed by atoms with E-state index in [-0.39, 0.29) is 17.9 Å². The van der Waals surface area contributed by atoms with Gasteiger partial charge < -0.3 is 20.1 Å². The van der Waals surface area contributed by atoms with Crippen LogP contribution in [0.2, 0.25) is 0 Å². The van der Waals surface area contributed by atoms with Crippen LogP contribution in [0.3, 0.4) is 0 Å². The molecule has 0 saturated heterocycles. The summed E-state index contributed by atoms with van der Waals surface area (Å²) in [5.41, 5.74) is -1.03. The van der Waals surface area contributed by atoms with Crippen LogP contribution in [0.5, 0.6) is 5.75 Å². The van der Waals surface area contributed by atoms with Crippen LogP contribution in [0.4, 0.5) is 18.0 Å². The van der Waals surface area contributed by atoms with Gasteiger partial charge in [-0.2, -0.15) is 13.2 Å². The van der Waals surface area contributed by atoms with Crippen LogP contribution >= 0.6 is 0 Å². The molecule has 0 aliphatic heterocycles. The third-order valence-electron chi connectivity index (χ3n) is 5.80. The molecule has 170 valence electrons. The summed E-state index contributed by atoms with van der Waals surface area (Å²) in [5, 5.41) is 12.7. The zero-order valence-electron chi connectivity index (χ0n) is 18.0. The van der Waals surface area contributed by atoms with Crippen molar-refractivity contribution >= 4 is 6.09 Å². The van der Waals surface area contributed by atoms with E-state index in [0.717, 1.165) is 62.9 Å². The lowest BCUT2D eigenvalue weighted by Gasteiger charge is -2.32. The Bertz CT molecular complexity index is 669. The number of aliphatic hydroxyl groups excluding tert-OH is 1. The fourth-order valence-corrected chi connectivity index (χ4v) is 3.56. The third kappa shape index (κ3) is 7.80. The van der Waals surface area contributed by atoms with Crippen molar-refractivity contribution in [1.82, 2.24) is 10.2 Å². The zero-order chi connectivity index (χ0) is 22.4. The first-order valence-corrected chi connectivity index (χ1v) is 10.5. The molecule has 0 spiro atoms. The minimum atomic E-state index is -4.41. The second-order valence-corrected chi connectivity index (χ2v) is 8.91. The van der Waals surface area contributed by atoms with Gasteiger partial charge in [0.15, 0.2) is 0 Å². The van der Waals surface area contributed by atoms with Crippen molar-refractivity contribution in [1.29, 1.82) is 0 Å². The van der Waals surface area contributed by atoms with Crippen molar-refractivity contribution in [2.24, 2.45) is 11.8 Å². The van der Waals surface area contributed by atoms with Gasteiger partial charge in [0.25, 0.3) is 0 Å². The van der Waals surface area contributed by atoms with Crippen molar-refractivity contribution in [3.05, 3.63) is 29.8 Å². The van der Waals surface area contributed by atoms with Crippen LogP contribution in [0.25, 0.3) is 0 Å². The maximum absolute atomic E-state index is 12.6. The molecule has 30 heavy (non-hydrogen) atoms. The van der Waals surface area contributed by atoms with E-state index in [1.54, 1.807) is 7.05 Å². The molecular formula is C22H33F3N2O3. The van der Waals surface area contributed by atoms with Gasteiger partial charge in [-0.05, 0) is 75.8 Å². The van der Waals surface area contributed by atoms with Crippen molar-refractivity contribution in [2.45, 2.75) is 57.7 Å². The lowest BCUT2D eigenvalue weighted by atomic mass is 9.80. The Kier molecular flexibility index (Phi) is 8.55. The number of hydrogen-bond acceptors (Lipinski definition) is 4. The highest BCUT2D eigenvalue weighted by Crippen LogP contribution is 2.32. The predicted molar refractivity (Wildman–Crippen MR) is 109 cm³/mol. The molecule has 8 heteroatoms. The number of halogens is 3. The highest BCUT2D eigenvalue weighted by atomic mass is 19.4. The molecule has 1 aliphatic carbocycles. The molecule has 5 nitrogen and oxygen atoms in total. The molecule has 0 radical (unpaired) electrons. The van der Waals surface area contributed by atoms with Crippen molar-refractivity contribution in [2.75, 3.05) is 26.7 Å². The fourth-order valence-electron chi connectivity index (χ4n) is 3.56. The number of aliphatic hydroxyl groups is 1. The van der Waals surface area contributed by atoms with Gasteiger partial charge in [-0.15, -0.1) is 0 Å². The van der Waals surface area contributed by atoms with E-state index in [1.807, 2.05) is 13.8 Å². The van der Waals surface area contributed by atoms with E-state index in [0.29, 0.717) is 18.4 Å². The Balaban J connectivity index is 1.69. The summed E-state index contributed by atoms with van der Waals surface area (Å²) in [5.74, 6) is 1.25. The SMILES string of the molecule is CN(CC[C@H]1CC[C@H](CNC(C)(C)CO)CC1)C(=O)Oc1ccc(C(F)(F)F)cc1. The second-order valence-electron chi connectivity index (χ2n) is 8.91. The quantitative estimate of drug-likeness (QED) is 0.628. The molecule has 1 aromatic carbocycles. The maximum atomic E-state index is 12.6. The average molecular weight is 431 g/mol. The van der Waals surface area contributed by atoms with E-state index in [4.69, 9.17) is 4.74 Å². The van der Waals surface area contributed by atoms with Crippen LogP contribution < -0.4 is 10.1 Å². The normalized spacial score (nSPS) is 20.1. The Labute approximate surface area is 176 Å². The molecule has 1 aliphatic rings. The van der Waals surface area contributed by atoms with E-state index < -0.39 is 17.8 Å². The number of carbonyl (C=O) groups excluding carboxylic acids is 1. The largest absolute Gasteiger partial charge is 0.416 e. The number of nitrogens with zero attached hydrogens (tertiary/aromatic N) is 1. The summed E-state index contributed by atoms with van der Waals surface area (Å²) in [7, 11) is 1.64. The highest BCUT2D eigenvalue weighted by Gasteiger charge is 2.30. The predicted octanol–water partition coefficient (Wildman–Crippen LogP) is 4.69.